The molecule has 0 atom stereocenters. The number of aliphatic carboxylic acids is 1. The van der Waals surface area contributed by atoms with Gasteiger partial charge in [-0.3, -0.25) is 4.79 Å². The summed E-state index contributed by atoms with van der Waals surface area (Å²) in [4.78, 5) is 10.5. The van der Waals surface area contributed by atoms with Gasteiger partial charge in [0.1, 0.15) is 0 Å². The highest BCUT2D eigenvalue weighted by atomic mass is 19.3. The molecule has 0 heterocycles. The summed E-state index contributed by atoms with van der Waals surface area (Å²) in [5.74, 6) is -1.19. The standard InChI is InChI=1S/C11H9F2NO3/c12-11(13)10-7(4-14)2-1-6(3-9(16)17)8(10)5-15/h1-2,11,15H,3,5H2,(H,16,17). The first-order valence-corrected chi connectivity index (χ1v) is 4.66. The number of carbonyl (C=O) groups is 1. The zero-order valence-corrected chi connectivity index (χ0v) is 8.65. The number of aliphatic hydroxyl groups excluding tert-OH is 1. The number of halogens is 2. The van der Waals surface area contributed by atoms with E-state index in [-0.39, 0.29) is 16.7 Å². The second-order valence-corrected chi connectivity index (χ2v) is 3.31. The van der Waals surface area contributed by atoms with Crippen molar-refractivity contribution in [2.24, 2.45) is 0 Å². The van der Waals surface area contributed by atoms with Crippen LogP contribution in [0.5, 0.6) is 0 Å². The van der Waals surface area contributed by atoms with Crippen molar-refractivity contribution in [3.8, 4) is 6.07 Å². The Kier molecular flexibility index (Phi) is 4.12. The lowest BCUT2D eigenvalue weighted by Crippen LogP contribution is -2.08. The minimum absolute atomic E-state index is 0.0919. The largest absolute Gasteiger partial charge is 0.481 e. The van der Waals surface area contributed by atoms with Crippen molar-refractivity contribution in [1.29, 1.82) is 5.26 Å². The molecular formula is C11H9F2NO3. The molecule has 6 heteroatoms. The van der Waals surface area contributed by atoms with E-state index >= 15 is 0 Å². The number of carboxylic acids is 1. The van der Waals surface area contributed by atoms with Gasteiger partial charge in [-0.1, -0.05) is 6.07 Å². The van der Waals surface area contributed by atoms with Gasteiger partial charge in [-0.2, -0.15) is 5.26 Å². The quantitative estimate of drug-likeness (QED) is 0.839. The fraction of sp³-hybridized carbons (Fsp3) is 0.273. The highest BCUT2D eigenvalue weighted by molar-refractivity contribution is 5.71. The summed E-state index contributed by atoms with van der Waals surface area (Å²) in [5.41, 5.74) is -0.928. The topological polar surface area (TPSA) is 81.3 Å². The Hall–Kier alpha value is -2.00. The van der Waals surface area contributed by atoms with Gasteiger partial charge in [0.2, 0.25) is 0 Å². The summed E-state index contributed by atoms with van der Waals surface area (Å²) in [6.45, 7) is -0.724. The molecule has 0 bridgehead atoms. The number of hydrogen-bond acceptors (Lipinski definition) is 3. The fourth-order valence-corrected chi connectivity index (χ4v) is 1.57. The predicted octanol–water partition coefficient (Wildman–Crippen LogP) is 1.62. The van der Waals surface area contributed by atoms with Crippen molar-refractivity contribution >= 4 is 5.97 Å². The number of nitriles is 1. The lowest BCUT2D eigenvalue weighted by atomic mass is 9.95. The Bertz CT molecular complexity index is 480. The van der Waals surface area contributed by atoms with Crippen molar-refractivity contribution in [1.82, 2.24) is 0 Å². The van der Waals surface area contributed by atoms with Crippen LogP contribution in [0, 0.1) is 11.3 Å². The molecule has 4 nitrogen and oxygen atoms in total. The summed E-state index contributed by atoms with van der Waals surface area (Å²) in [6.07, 6.45) is -3.40. The van der Waals surface area contributed by atoms with Crippen LogP contribution in [0.15, 0.2) is 12.1 Å². The predicted molar refractivity (Wildman–Crippen MR) is 53.4 cm³/mol. The highest BCUT2D eigenvalue weighted by Gasteiger charge is 2.21. The molecule has 17 heavy (non-hydrogen) atoms. The second kappa shape index (κ2) is 5.37. The van der Waals surface area contributed by atoms with Gasteiger partial charge >= 0.3 is 5.97 Å². The first kappa shape index (κ1) is 13.1. The molecule has 1 rings (SSSR count). The third-order valence-electron chi connectivity index (χ3n) is 2.29. The average Bonchev–Trinajstić information content (AvgIpc) is 2.27. The number of aliphatic hydroxyl groups is 1. The molecule has 90 valence electrons. The number of benzene rings is 1. The van der Waals surface area contributed by atoms with Gasteiger partial charge in [0.05, 0.1) is 24.7 Å². The molecule has 0 spiro atoms. The summed E-state index contributed by atoms with van der Waals surface area (Å²) < 4.78 is 25.5. The van der Waals surface area contributed by atoms with Crippen molar-refractivity contribution in [2.75, 3.05) is 0 Å². The summed E-state index contributed by atoms with van der Waals surface area (Å²) >= 11 is 0. The zero-order chi connectivity index (χ0) is 13.0. The van der Waals surface area contributed by atoms with E-state index in [0.29, 0.717) is 0 Å². The molecule has 0 unspecified atom stereocenters. The number of hydrogen-bond donors (Lipinski definition) is 2. The monoisotopic (exact) mass is 241 g/mol. The van der Waals surface area contributed by atoms with E-state index in [4.69, 9.17) is 15.5 Å². The van der Waals surface area contributed by atoms with Crippen LogP contribution in [0.1, 0.15) is 28.7 Å². The lowest BCUT2D eigenvalue weighted by Gasteiger charge is -2.12. The molecule has 1 aromatic rings. The maximum atomic E-state index is 12.8. The van der Waals surface area contributed by atoms with Crippen molar-refractivity contribution in [3.05, 3.63) is 34.4 Å². The number of rotatable bonds is 4. The summed E-state index contributed by atoms with van der Waals surface area (Å²) in [5, 5.41) is 26.3. The number of carboxylic acid groups (broad SMARTS) is 1. The SMILES string of the molecule is N#Cc1ccc(CC(=O)O)c(CO)c1C(F)F. The van der Waals surface area contributed by atoms with E-state index in [1.807, 2.05) is 0 Å². The van der Waals surface area contributed by atoms with Crippen molar-refractivity contribution < 1.29 is 23.8 Å². The molecule has 0 aliphatic rings. The van der Waals surface area contributed by atoms with E-state index in [1.165, 1.54) is 6.07 Å². The third-order valence-corrected chi connectivity index (χ3v) is 2.29. The zero-order valence-electron chi connectivity index (χ0n) is 8.65. The van der Waals surface area contributed by atoms with Crippen LogP contribution in [-0.2, 0) is 17.8 Å². The summed E-state index contributed by atoms with van der Waals surface area (Å²) in [7, 11) is 0. The van der Waals surface area contributed by atoms with Gasteiger partial charge in [0, 0.05) is 5.56 Å². The molecule has 0 saturated heterocycles. The van der Waals surface area contributed by atoms with Gasteiger partial charge in [-0.25, -0.2) is 8.78 Å². The molecule has 0 aliphatic carbocycles. The lowest BCUT2D eigenvalue weighted by molar-refractivity contribution is -0.136. The molecule has 0 fully saturated rings. The Morgan fingerprint density at radius 1 is 1.47 bits per heavy atom. The minimum Gasteiger partial charge on any atom is -0.481 e. The first-order valence-electron chi connectivity index (χ1n) is 4.66. The van der Waals surface area contributed by atoms with E-state index in [1.54, 1.807) is 6.07 Å². The molecule has 2 N–H and O–H groups in total. The molecule has 0 aliphatic heterocycles. The fourth-order valence-electron chi connectivity index (χ4n) is 1.57. The maximum Gasteiger partial charge on any atom is 0.307 e. The van der Waals surface area contributed by atoms with Gasteiger partial charge in [0.15, 0.2) is 0 Å². The van der Waals surface area contributed by atoms with E-state index < -0.39 is 31.0 Å². The van der Waals surface area contributed by atoms with Crippen LogP contribution in [0.25, 0.3) is 0 Å². The number of alkyl halides is 2. The first-order chi connectivity index (χ1) is 8.01. The van der Waals surface area contributed by atoms with Gasteiger partial charge < -0.3 is 10.2 Å². The van der Waals surface area contributed by atoms with Crippen LogP contribution < -0.4 is 0 Å². The summed E-state index contributed by atoms with van der Waals surface area (Å²) in [6, 6.07) is 4.00. The smallest absolute Gasteiger partial charge is 0.307 e. The minimum atomic E-state index is -2.93. The molecule has 0 saturated carbocycles. The van der Waals surface area contributed by atoms with Crippen LogP contribution in [0.2, 0.25) is 0 Å². The molecule has 1 aromatic carbocycles. The normalized spacial score (nSPS) is 10.3. The van der Waals surface area contributed by atoms with Gasteiger partial charge in [0.25, 0.3) is 6.43 Å². The third kappa shape index (κ3) is 2.77. The van der Waals surface area contributed by atoms with Crippen LogP contribution in [-0.4, -0.2) is 16.2 Å². The van der Waals surface area contributed by atoms with E-state index in [0.717, 1.165) is 6.07 Å². The van der Waals surface area contributed by atoms with Crippen LogP contribution in [0.3, 0.4) is 0 Å². The van der Waals surface area contributed by atoms with Crippen LogP contribution in [0.4, 0.5) is 8.78 Å². The second-order valence-electron chi connectivity index (χ2n) is 3.31. The van der Waals surface area contributed by atoms with Gasteiger partial charge in [-0.05, 0) is 17.2 Å². The van der Waals surface area contributed by atoms with Crippen molar-refractivity contribution in [2.45, 2.75) is 19.5 Å². The average molecular weight is 241 g/mol. The van der Waals surface area contributed by atoms with E-state index in [2.05, 4.69) is 0 Å². The Balaban J connectivity index is 3.42. The van der Waals surface area contributed by atoms with E-state index in [9.17, 15) is 13.6 Å². The van der Waals surface area contributed by atoms with Gasteiger partial charge in [-0.15, -0.1) is 0 Å². The molecule has 0 amide bonds. The molecule has 0 radical (unpaired) electrons. The number of nitrogens with zero attached hydrogens (tertiary/aromatic N) is 1. The molecule has 0 aromatic heterocycles. The Morgan fingerprint density at radius 3 is 2.53 bits per heavy atom. The highest BCUT2D eigenvalue weighted by Crippen LogP contribution is 2.29. The Labute approximate surface area is 95.7 Å². The Morgan fingerprint density at radius 2 is 2.12 bits per heavy atom. The van der Waals surface area contributed by atoms with Crippen LogP contribution >= 0.6 is 0 Å². The maximum absolute atomic E-state index is 12.8. The molecular weight excluding hydrogens is 232 g/mol. The van der Waals surface area contributed by atoms with Crippen molar-refractivity contribution in [3.63, 3.8) is 0 Å².